The van der Waals surface area contributed by atoms with Crippen molar-refractivity contribution in [1.29, 1.82) is 0 Å². The van der Waals surface area contributed by atoms with Crippen molar-refractivity contribution in [2.75, 3.05) is 28.2 Å². The maximum atomic E-state index is 12.3. The summed E-state index contributed by atoms with van der Waals surface area (Å²) >= 11 is 0. The number of nitrogens with zero attached hydrogens (tertiary/aromatic N) is 4. The molecule has 2 saturated heterocycles. The summed E-state index contributed by atoms with van der Waals surface area (Å²) in [7, 11) is 3.55. The maximum absolute atomic E-state index is 12.3. The van der Waals surface area contributed by atoms with Crippen LogP contribution in [0.5, 0.6) is 0 Å². The lowest BCUT2D eigenvalue weighted by atomic mass is 9.76. The van der Waals surface area contributed by atoms with E-state index in [2.05, 4.69) is 0 Å². The molecule has 2 aliphatic rings. The van der Waals surface area contributed by atoms with Crippen LogP contribution >= 0.6 is 0 Å². The number of hydrogen-bond donors (Lipinski definition) is 2. The van der Waals surface area contributed by atoms with E-state index < -0.39 is 46.9 Å². The van der Waals surface area contributed by atoms with E-state index in [1.54, 1.807) is 0 Å². The van der Waals surface area contributed by atoms with Crippen LogP contribution in [0.2, 0.25) is 0 Å². The Labute approximate surface area is 134 Å². The molecule has 24 heavy (non-hydrogen) atoms. The average Bonchev–Trinajstić information content (AvgIpc) is 2.57. The summed E-state index contributed by atoms with van der Waals surface area (Å²) in [6.45, 7) is 0. The molecule has 0 atom stereocenters. The van der Waals surface area contributed by atoms with Crippen LogP contribution in [-0.4, -0.2) is 105 Å². The quantitative estimate of drug-likeness (QED) is 0.466. The second-order valence-electron chi connectivity index (χ2n) is 5.44. The van der Waals surface area contributed by atoms with Crippen LogP contribution in [0.1, 0.15) is 0 Å². The molecular weight excluding hydrogens is 328 g/mol. The standard InChI is InChI=1S/C12H14N4O8/c1-13-5(17)11(23,6(18)14(2)9(13)21)12(24)7(19)15(3)10(22)16(4)8(12)20/h23-24H,1-4H3. The van der Waals surface area contributed by atoms with Crippen LogP contribution in [0, 0.1) is 0 Å². The van der Waals surface area contributed by atoms with Crippen molar-refractivity contribution < 1.29 is 39.0 Å². The van der Waals surface area contributed by atoms with Crippen molar-refractivity contribution in [3.05, 3.63) is 0 Å². The second kappa shape index (κ2) is 4.82. The fourth-order valence-corrected chi connectivity index (χ4v) is 2.57. The Kier molecular flexibility index (Phi) is 3.51. The molecule has 0 unspecified atom stereocenters. The lowest BCUT2D eigenvalue weighted by Crippen LogP contribution is -2.84. The predicted molar refractivity (Wildman–Crippen MR) is 71.8 cm³/mol. The van der Waals surface area contributed by atoms with Gasteiger partial charge in [-0.25, -0.2) is 9.59 Å². The molecule has 2 rings (SSSR count). The first-order valence-corrected chi connectivity index (χ1v) is 6.50. The summed E-state index contributed by atoms with van der Waals surface area (Å²) in [4.78, 5) is 73.9. The van der Waals surface area contributed by atoms with Crippen LogP contribution in [0.25, 0.3) is 0 Å². The van der Waals surface area contributed by atoms with Crippen molar-refractivity contribution in [1.82, 2.24) is 19.6 Å². The molecule has 0 spiro atoms. The lowest BCUT2D eigenvalue weighted by Gasteiger charge is -2.48. The molecule has 0 saturated carbocycles. The topological polar surface area (TPSA) is 156 Å². The monoisotopic (exact) mass is 342 g/mol. The van der Waals surface area contributed by atoms with E-state index in [0.29, 0.717) is 0 Å². The number of likely N-dealkylation sites (N-methyl/N-ethyl adjacent to an activating group) is 4. The maximum Gasteiger partial charge on any atom is 0.333 e. The van der Waals surface area contributed by atoms with Crippen molar-refractivity contribution in [3.63, 3.8) is 0 Å². The number of barbiturate groups is 2. The van der Waals surface area contributed by atoms with Crippen LogP contribution in [0.3, 0.4) is 0 Å². The number of aliphatic hydroxyl groups is 2. The highest BCUT2D eigenvalue weighted by Gasteiger charge is 2.76. The van der Waals surface area contributed by atoms with Gasteiger partial charge in [0.05, 0.1) is 0 Å². The molecule has 2 N–H and O–H groups in total. The highest BCUT2D eigenvalue weighted by Crippen LogP contribution is 2.36. The number of imide groups is 4. The molecule has 12 nitrogen and oxygen atoms in total. The Balaban J connectivity index is 2.74. The van der Waals surface area contributed by atoms with Crippen LogP contribution in [0.15, 0.2) is 0 Å². The predicted octanol–water partition coefficient (Wildman–Crippen LogP) is -3.45. The number of amides is 8. The molecule has 0 radical (unpaired) electrons. The molecule has 0 aromatic rings. The minimum absolute atomic E-state index is 0.274. The van der Waals surface area contributed by atoms with Crippen molar-refractivity contribution >= 4 is 35.7 Å². The minimum Gasteiger partial charge on any atom is -0.369 e. The van der Waals surface area contributed by atoms with Crippen LogP contribution < -0.4 is 0 Å². The number of rotatable bonds is 1. The number of carbonyl (C=O) groups excluding carboxylic acids is 6. The Hall–Kier alpha value is -2.86. The van der Waals surface area contributed by atoms with Crippen molar-refractivity contribution in [2.45, 2.75) is 11.2 Å². The van der Waals surface area contributed by atoms with E-state index >= 15 is 0 Å². The highest BCUT2D eigenvalue weighted by molar-refractivity contribution is 6.32. The fourth-order valence-electron chi connectivity index (χ4n) is 2.57. The number of urea groups is 2. The lowest BCUT2D eigenvalue weighted by molar-refractivity contribution is -0.211. The van der Waals surface area contributed by atoms with Gasteiger partial charge in [-0.2, -0.15) is 0 Å². The summed E-state index contributed by atoms with van der Waals surface area (Å²) in [5.74, 6) is -6.68. The molecule has 0 aromatic heterocycles. The number of hydrogen-bond acceptors (Lipinski definition) is 8. The third kappa shape index (κ3) is 1.63. The van der Waals surface area contributed by atoms with E-state index in [0.717, 1.165) is 28.2 Å². The van der Waals surface area contributed by atoms with E-state index in [9.17, 15) is 39.0 Å². The van der Waals surface area contributed by atoms with E-state index in [4.69, 9.17) is 0 Å². The molecule has 0 aliphatic carbocycles. The van der Waals surface area contributed by atoms with Gasteiger partial charge < -0.3 is 10.2 Å². The zero-order valence-corrected chi connectivity index (χ0v) is 13.1. The summed E-state index contributed by atoms with van der Waals surface area (Å²) in [6, 6.07) is -2.27. The molecule has 12 heteroatoms. The van der Waals surface area contributed by atoms with Gasteiger partial charge in [-0.05, 0) is 0 Å². The van der Waals surface area contributed by atoms with Gasteiger partial charge in [-0.3, -0.25) is 38.8 Å². The molecule has 130 valence electrons. The van der Waals surface area contributed by atoms with E-state index in [-0.39, 0.29) is 19.6 Å². The molecular formula is C12H14N4O8. The zero-order chi connectivity index (χ0) is 18.8. The van der Waals surface area contributed by atoms with Gasteiger partial charge in [-0.15, -0.1) is 0 Å². The molecule has 8 amide bonds. The Bertz CT molecular complexity index is 608. The molecule has 0 aromatic carbocycles. The fraction of sp³-hybridized carbons (Fsp3) is 0.500. The average molecular weight is 342 g/mol. The SMILES string of the molecule is CN1C(=O)N(C)C(=O)C(O)(C2(O)C(=O)N(C)C(=O)N(C)C2=O)C1=O. The largest absolute Gasteiger partial charge is 0.369 e. The first kappa shape index (κ1) is 17.5. The summed E-state index contributed by atoms with van der Waals surface area (Å²) in [5.41, 5.74) is -7.22. The van der Waals surface area contributed by atoms with Gasteiger partial charge >= 0.3 is 12.1 Å². The minimum atomic E-state index is -3.61. The third-order valence-corrected chi connectivity index (χ3v) is 4.13. The highest BCUT2D eigenvalue weighted by atomic mass is 16.4. The van der Waals surface area contributed by atoms with Gasteiger partial charge in [0.25, 0.3) is 34.8 Å². The Morgan fingerprint density at radius 1 is 0.542 bits per heavy atom. The zero-order valence-electron chi connectivity index (χ0n) is 13.1. The smallest absolute Gasteiger partial charge is 0.333 e. The molecule has 2 heterocycles. The van der Waals surface area contributed by atoms with Crippen molar-refractivity contribution in [2.24, 2.45) is 0 Å². The summed E-state index contributed by atoms with van der Waals surface area (Å²) < 4.78 is 0. The van der Waals surface area contributed by atoms with Crippen LogP contribution in [0.4, 0.5) is 9.59 Å². The van der Waals surface area contributed by atoms with E-state index in [1.165, 1.54) is 0 Å². The first-order valence-electron chi connectivity index (χ1n) is 6.50. The summed E-state index contributed by atoms with van der Waals surface area (Å²) in [5, 5.41) is 21.2. The molecule has 2 fully saturated rings. The van der Waals surface area contributed by atoms with Crippen LogP contribution in [-0.2, 0) is 19.2 Å². The normalized spacial score (nSPS) is 24.2. The first-order chi connectivity index (χ1) is 10.8. The number of carbonyl (C=O) groups is 6. The third-order valence-electron chi connectivity index (χ3n) is 4.13. The summed E-state index contributed by atoms with van der Waals surface area (Å²) in [6.07, 6.45) is 0. The second-order valence-corrected chi connectivity index (χ2v) is 5.44. The molecule has 0 bridgehead atoms. The Morgan fingerprint density at radius 2 is 0.708 bits per heavy atom. The van der Waals surface area contributed by atoms with Crippen molar-refractivity contribution in [3.8, 4) is 0 Å². The van der Waals surface area contributed by atoms with E-state index in [1.807, 2.05) is 0 Å². The van der Waals surface area contributed by atoms with Gasteiger partial charge in [0.2, 0.25) is 0 Å². The van der Waals surface area contributed by atoms with Gasteiger partial charge in [0, 0.05) is 28.2 Å². The Morgan fingerprint density at radius 3 is 0.875 bits per heavy atom. The molecule has 2 aliphatic heterocycles. The van der Waals surface area contributed by atoms with Gasteiger partial charge in [-0.1, -0.05) is 0 Å². The van der Waals surface area contributed by atoms with Gasteiger partial charge in [0.15, 0.2) is 0 Å². The van der Waals surface area contributed by atoms with Gasteiger partial charge in [0.1, 0.15) is 0 Å².